The summed E-state index contributed by atoms with van der Waals surface area (Å²) >= 11 is 0. The highest BCUT2D eigenvalue weighted by atomic mass is 15.3. The predicted molar refractivity (Wildman–Crippen MR) is 268 cm³/mol. The van der Waals surface area contributed by atoms with Crippen LogP contribution in [0.5, 0.6) is 0 Å². The SMILES string of the molecule is Cc1cc2c3c(c1)N1c4c(cc(C(C)(C)C)cc4C4(C)CCCCC14C)B3N(c1ccc(C(C)(C)C)cc1C)c1c-2ccc2c1-c1cc3c(cc1C2(C)C)C(C)(C)CCC3(C)C. The standard InChI is InChI=1S/C59H71BN2/c1-34-27-39-38-20-21-41-49(40-32-43-44(33-42(40)57(41,13)14)56(11,12)26-25-55(43,9)10)51(38)62(47-22-19-36(29-35(47)2)53(3,4)5)60-46-31-37(54(6,7)8)30-45-52(46)61(48(28-34)50(39)60)59(16)24-18-17-23-58(45,59)15/h19-22,27-33H,17-18,23-26H2,1-16H3. The van der Waals surface area contributed by atoms with Crippen LogP contribution in [0, 0.1) is 13.8 Å². The second-order valence-corrected chi connectivity index (χ2v) is 25.3. The second kappa shape index (κ2) is 12.1. The highest BCUT2D eigenvalue weighted by Gasteiger charge is 2.62. The molecule has 0 aromatic heterocycles. The number of aryl methyl sites for hydroxylation is 2. The van der Waals surface area contributed by atoms with E-state index in [1.165, 1.54) is 128 Å². The maximum atomic E-state index is 2.91. The molecule has 6 aliphatic rings. The Morgan fingerprint density at radius 1 is 0.532 bits per heavy atom. The molecule has 62 heavy (non-hydrogen) atoms. The Labute approximate surface area is 375 Å². The van der Waals surface area contributed by atoms with Crippen LogP contribution in [0.15, 0.2) is 66.7 Å². The third-order valence-electron chi connectivity index (χ3n) is 18.1. The van der Waals surface area contributed by atoms with Gasteiger partial charge in [0.1, 0.15) is 0 Å². The van der Waals surface area contributed by atoms with Crippen LogP contribution >= 0.6 is 0 Å². The smallest absolute Gasteiger partial charge is 0.333 e. The third-order valence-corrected chi connectivity index (χ3v) is 18.1. The molecule has 0 spiro atoms. The number of hydrogen-bond acceptors (Lipinski definition) is 2. The number of fused-ring (bicyclic) bond motifs is 12. The van der Waals surface area contributed by atoms with Crippen molar-refractivity contribution in [2.24, 2.45) is 0 Å². The first-order chi connectivity index (χ1) is 28.8. The summed E-state index contributed by atoms with van der Waals surface area (Å²) in [6.45, 7) is 39.4. The van der Waals surface area contributed by atoms with E-state index in [1.807, 2.05) is 0 Å². The van der Waals surface area contributed by atoms with Crippen LogP contribution in [-0.4, -0.2) is 12.4 Å². The summed E-state index contributed by atoms with van der Waals surface area (Å²) in [5.74, 6) is 0. The minimum atomic E-state index is -0.142. The maximum Gasteiger partial charge on any atom is 0.333 e. The molecule has 1 saturated carbocycles. The van der Waals surface area contributed by atoms with Gasteiger partial charge in [-0.15, -0.1) is 0 Å². The molecule has 2 unspecified atom stereocenters. The van der Waals surface area contributed by atoms with Crippen molar-refractivity contribution in [3.63, 3.8) is 0 Å². The molecule has 5 aromatic rings. The quantitative estimate of drug-likeness (QED) is 0.156. The Balaban J connectivity index is 1.31. The molecule has 3 heterocycles. The molecule has 0 N–H and O–H groups in total. The van der Waals surface area contributed by atoms with Gasteiger partial charge in [-0.1, -0.05) is 151 Å². The molecule has 320 valence electrons. The van der Waals surface area contributed by atoms with Gasteiger partial charge in [0.15, 0.2) is 0 Å². The minimum Gasteiger partial charge on any atom is -0.376 e. The van der Waals surface area contributed by atoms with Crippen LogP contribution in [-0.2, 0) is 32.5 Å². The molecular formula is C59H71BN2. The van der Waals surface area contributed by atoms with E-state index < -0.39 is 0 Å². The van der Waals surface area contributed by atoms with E-state index in [1.54, 1.807) is 16.7 Å². The topological polar surface area (TPSA) is 6.48 Å². The van der Waals surface area contributed by atoms with E-state index in [-0.39, 0.29) is 44.9 Å². The summed E-state index contributed by atoms with van der Waals surface area (Å²) in [5, 5.41) is 0. The lowest BCUT2D eigenvalue weighted by molar-refractivity contribution is 0.195. The van der Waals surface area contributed by atoms with Crippen LogP contribution in [0.2, 0.25) is 0 Å². The first-order valence-electron chi connectivity index (χ1n) is 24.2. The fourth-order valence-corrected chi connectivity index (χ4v) is 13.9. The Bertz CT molecular complexity index is 2820. The average molecular weight is 819 g/mol. The molecule has 0 saturated heterocycles. The summed E-state index contributed by atoms with van der Waals surface area (Å²) in [5.41, 5.74) is 27.8. The van der Waals surface area contributed by atoms with Gasteiger partial charge >= 0.3 is 6.85 Å². The largest absolute Gasteiger partial charge is 0.376 e. The lowest BCUT2D eigenvalue weighted by Crippen LogP contribution is -2.65. The summed E-state index contributed by atoms with van der Waals surface area (Å²) in [6, 6.07) is 28.3. The zero-order valence-corrected chi connectivity index (χ0v) is 41.1. The number of rotatable bonds is 1. The molecule has 3 aliphatic heterocycles. The van der Waals surface area contributed by atoms with Crippen LogP contribution in [0.25, 0.3) is 22.3 Å². The number of benzene rings is 5. The van der Waals surface area contributed by atoms with Gasteiger partial charge in [-0.3, -0.25) is 0 Å². The summed E-state index contributed by atoms with van der Waals surface area (Å²) in [4.78, 5) is 5.80. The Morgan fingerprint density at radius 2 is 1.19 bits per heavy atom. The minimum absolute atomic E-state index is 0.00230. The monoisotopic (exact) mass is 819 g/mol. The van der Waals surface area contributed by atoms with Crippen molar-refractivity contribution < 1.29 is 0 Å². The molecule has 1 fully saturated rings. The van der Waals surface area contributed by atoms with Crippen molar-refractivity contribution in [1.82, 2.24) is 0 Å². The van der Waals surface area contributed by atoms with Crippen LogP contribution < -0.4 is 20.6 Å². The van der Waals surface area contributed by atoms with Crippen molar-refractivity contribution in [1.29, 1.82) is 0 Å². The molecule has 3 heteroatoms. The van der Waals surface area contributed by atoms with Crippen LogP contribution in [0.4, 0.5) is 22.7 Å². The zero-order valence-electron chi connectivity index (χ0n) is 41.1. The summed E-state index contributed by atoms with van der Waals surface area (Å²) in [6.07, 6.45) is 7.44. The maximum absolute atomic E-state index is 2.91. The molecule has 0 amide bonds. The van der Waals surface area contributed by atoms with Gasteiger partial charge in [-0.2, -0.15) is 0 Å². The van der Waals surface area contributed by atoms with Gasteiger partial charge in [0, 0.05) is 44.7 Å². The van der Waals surface area contributed by atoms with E-state index in [4.69, 9.17) is 0 Å². The Hall–Kier alpha value is -4.24. The average Bonchev–Trinajstić information content (AvgIpc) is 3.54. The fourth-order valence-electron chi connectivity index (χ4n) is 13.9. The number of nitrogens with zero attached hydrogens (tertiary/aromatic N) is 2. The molecule has 3 aliphatic carbocycles. The van der Waals surface area contributed by atoms with Crippen LogP contribution in [0.1, 0.15) is 186 Å². The van der Waals surface area contributed by atoms with Gasteiger partial charge in [-0.25, -0.2) is 0 Å². The van der Waals surface area contributed by atoms with E-state index in [0.717, 1.165) is 0 Å². The molecule has 0 bridgehead atoms. The van der Waals surface area contributed by atoms with Crippen LogP contribution in [0.3, 0.4) is 0 Å². The van der Waals surface area contributed by atoms with Crippen molar-refractivity contribution in [2.45, 2.75) is 187 Å². The second-order valence-electron chi connectivity index (χ2n) is 25.3. The van der Waals surface area contributed by atoms with Crippen molar-refractivity contribution in [3.05, 3.63) is 117 Å². The molecular weight excluding hydrogens is 747 g/mol. The van der Waals surface area contributed by atoms with Crippen molar-refractivity contribution >= 4 is 40.5 Å². The highest BCUT2D eigenvalue weighted by Crippen LogP contribution is 2.64. The molecule has 0 radical (unpaired) electrons. The third kappa shape index (κ3) is 5.01. The molecule has 11 rings (SSSR count). The highest BCUT2D eigenvalue weighted by molar-refractivity contribution is 6.93. The lowest BCUT2D eigenvalue weighted by atomic mass is 9.42. The van der Waals surface area contributed by atoms with Crippen molar-refractivity contribution in [3.8, 4) is 22.3 Å². The number of hydrogen-bond donors (Lipinski definition) is 0. The lowest BCUT2D eigenvalue weighted by Gasteiger charge is -2.53. The van der Waals surface area contributed by atoms with Gasteiger partial charge in [0.05, 0.1) is 5.54 Å². The van der Waals surface area contributed by atoms with E-state index in [2.05, 4.69) is 187 Å². The summed E-state index contributed by atoms with van der Waals surface area (Å²) < 4.78 is 0. The number of anilines is 4. The summed E-state index contributed by atoms with van der Waals surface area (Å²) in [7, 11) is 0. The van der Waals surface area contributed by atoms with E-state index in [9.17, 15) is 0 Å². The van der Waals surface area contributed by atoms with Crippen molar-refractivity contribution in [2.75, 3.05) is 9.71 Å². The van der Waals surface area contributed by atoms with E-state index >= 15 is 0 Å². The van der Waals surface area contributed by atoms with E-state index in [0.29, 0.717) is 0 Å². The first-order valence-corrected chi connectivity index (χ1v) is 24.2. The van der Waals surface area contributed by atoms with Gasteiger partial charge in [0.2, 0.25) is 0 Å². The normalized spacial score (nSPS) is 24.2. The van der Waals surface area contributed by atoms with Gasteiger partial charge < -0.3 is 9.71 Å². The fraction of sp³-hybridized carbons (Fsp3) is 0.492. The zero-order chi connectivity index (χ0) is 44.2. The molecule has 2 nitrogen and oxygen atoms in total. The Kier molecular flexibility index (Phi) is 7.91. The molecule has 2 atom stereocenters. The van der Waals surface area contributed by atoms with Gasteiger partial charge in [0.25, 0.3) is 0 Å². The predicted octanol–water partition coefficient (Wildman–Crippen LogP) is 14.5. The Morgan fingerprint density at radius 3 is 1.85 bits per heavy atom. The first kappa shape index (κ1) is 40.5. The van der Waals surface area contributed by atoms with Gasteiger partial charge in [-0.05, 0) is 158 Å². The molecule has 5 aromatic carbocycles.